The molecule has 27 nitrogen and oxygen atoms in total. The van der Waals surface area contributed by atoms with Gasteiger partial charge in [-0.25, -0.2) is 28.8 Å². The molecule has 0 aromatic rings. The Hall–Kier alpha value is -8.39. The fourth-order valence-electron chi connectivity index (χ4n) is 29.1. The lowest BCUT2D eigenvalue weighted by molar-refractivity contribution is -0.231. The molecule has 0 aromatic heterocycles. The molecule has 18 aliphatic carbocycles. The Labute approximate surface area is 856 Å². The Bertz CT molecular complexity index is 4750. The SMILES string of the molecule is C=C(C)C(=O)OC1(C(C)C)C2CC3CC(C2)CC1C3.C=C(C)C(=O)OC1(C)CCCC1.C=C(C)C(=O)OC1C2CC3C(=O)OC1C3C2.C=C(C)C(=O)OCC(=O)OC1CC2CC1C1C(=O)OCC21.C=C(OC1(C)CCCC1)C(C)(C)CC.CCC(C)(C)C(=O)OC1(C(C)C)C2CC3CC(C2)CC1C3.CCC(C)(C)C(=O)OC1C2CC3C(=O)OC1C3C2.CCC(C)(C)C(=O)OCC(=O)OC1CC2CC1C1C(=O)OCC21. The summed E-state index contributed by atoms with van der Waals surface area (Å²) in [6.07, 6.45) is 31.4. The van der Waals surface area contributed by atoms with Crippen LogP contribution in [0, 0.1) is 164 Å². The molecule has 22 fully saturated rings. The molecule has 16 bridgehead atoms. The first-order chi connectivity index (χ1) is 67.5. The molecule has 804 valence electrons. The van der Waals surface area contributed by atoms with Crippen LogP contribution in [0.1, 0.15) is 345 Å². The average Bonchev–Trinajstić information content (AvgIpc) is 1.33. The second-order valence-electron chi connectivity index (χ2n) is 50.9. The van der Waals surface area contributed by atoms with E-state index < -0.39 is 41.3 Å². The van der Waals surface area contributed by atoms with Gasteiger partial charge in [0.05, 0.1) is 58.9 Å². The van der Waals surface area contributed by atoms with E-state index in [0.717, 1.165) is 113 Å². The second-order valence-corrected chi connectivity index (χ2v) is 50.9. The molecular formula is C117H174O27. The fraction of sp³-hybridized carbons (Fsp3) is 0.803. The summed E-state index contributed by atoms with van der Waals surface area (Å²) >= 11 is 0. The van der Waals surface area contributed by atoms with E-state index in [1.807, 2.05) is 48.5 Å². The Morgan fingerprint density at radius 2 is 0.694 bits per heavy atom. The van der Waals surface area contributed by atoms with Crippen LogP contribution in [0.3, 0.4) is 0 Å². The zero-order valence-electron chi connectivity index (χ0n) is 90.9. The molecule has 22 aliphatic rings. The maximum atomic E-state index is 12.8. The van der Waals surface area contributed by atoms with Crippen LogP contribution in [-0.4, -0.2) is 163 Å². The number of fused-ring (bicyclic) bond motifs is 12. The van der Waals surface area contributed by atoms with Crippen molar-refractivity contribution in [1.82, 2.24) is 0 Å². The van der Waals surface area contributed by atoms with E-state index in [2.05, 4.69) is 95.2 Å². The van der Waals surface area contributed by atoms with Gasteiger partial charge < -0.3 is 66.3 Å². The van der Waals surface area contributed by atoms with Crippen LogP contribution in [0.4, 0.5) is 0 Å². The van der Waals surface area contributed by atoms with Crippen LogP contribution < -0.4 is 0 Å². The highest BCUT2D eigenvalue weighted by Crippen LogP contribution is 2.66. The molecule has 4 saturated heterocycles. The maximum absolute atomic E-state index is 12.8. The number of carbonyl (C=O) groups is 13. The minimum atomic E-state index is -0.612. The third kappa shape index (κ3) is 23.9. The lowest BCUT2D eigenvalue weighted by Gasteiger charge is -2.62. The zero-order valence-corrected chi connectivity index (χ0v) is 90.9. The van der Waals surface area contributed by atoms with Crippen molar-refractivity contribution in [1.29, 1.82) is 0 Å². The molecular weight excluding hydrogens is 1840 g/mol. The first kappa shape index (κ1) is 113. The van der Waals surface area contributed by atoms with E-state index in [1.54, 1.807) is 34.6 Å². The molecule has 22 rings (SSSR count). The number of carbonyl (C=O) groups excluding carboxylic acids is 13. The van der Waals surface area contributed by atoms with Gasteiger partial charge >= 0.3 is 77.6 Å². The minimum absolute atomic E-state index is 0.0335. The molecule has 4 heterocycles. The van der Waals surface area contributed by atoms with Gasteiger partial charge in [-0.1, -0.05) is 102 Å². The molecule has 20 unspecified atom stereocenters. The molecule has 0 spiro atoms. The molecule has 144 heavy (non-hydrogen) atoms. The second kappa shape index (κ2) is 44.8. The Morgan fingerprint density at radius 3 is 1.07 bits per heavy atom. The van der Waals surface area contributed by atoms with Crippen molar-refractivity contribution >= 4 is 77.6 Å². The summed E-state index contributed by atoms with van der Waals surface area (Å²) in [5.41, 5.74) is -0.153. The topological polar surface area (TPSA) is 351 Å². The van der Waals surface area contributed by atoms with Gasteiger partial charge in [-0.3, -0.25) is 33.6 Å². The van der Waals surface area contributed by atoms with Crippen molar-refractivity contribution in [3.63, 3.8) is 0 Å². The van der Waals surface area contributed by atoms with Crippen molar-refractivity contribution in [2.75, 3.05) is 26.4 Å². The van der Waals surface area contributed by atoms with E-state index in [4.69, 9.17) is 66.3 Å². The largest absolute Gasteiger partial charge is 0.492 e. The third-order valence-corrected chi connectivity index (χ3v) is 38.7. The molecule has 4 aliphatic heterocycles. The van der Waals surface area contributed by atoms with Gasteiger partial charge in [0.2, 0.25) is 0 Å². The number of cyclic esters (lactones) is 2. The smallest absolute Gasteiger partial charge is 0.344 e. The maximum Gasteiger partial charge on any atom is 0.344 e. The van der Waals surface area contributed by atoms with E-state index >= 15 is 0 Å². The van der Waals surface area contributed by atoms with Crippen LogP contribution in [0.15, 0.2) is 60.9 Å². The van der Waals surface area contributed by atoms with Crippen LogP contribution in [-0.2, 0) is 129 Å². The standard InChI is InChI=1S/C19H32O2.C17H24O6.C17H26O2.C15H18O6.C14H20O4.C13H24O.C12H14O4.C10H16O2/c1-6-18(4,5)17(20)21-19(12(2)3)15-8-13-7-14(10-15)11-16(19)9-13;1-4-17(2,3)16(20)22-8-13(18)23-12-6-9-5-10(12)14-11(9)7-21-15(14)19;1-10(2)16(18)19-17(11(3)4)14-6-12-5-13(8-14)9-15(17)7-12;1-7(2)14(17)20-6-12(16)21-11-4-8-3-9(11)13-10(8)5-19-15(13)18;1-4-14(2,3)13(16)18-10-7-5-8-9(6-7)12(15)17-11(8)10;1-6-12(3,4)11(2)14-13(5)9-7-8-10-13;1-5(2)11(13)15-9-6-3-7-8(4-6)12(14)16-10(7)9;1-8(2)9(11)12-10(3)6-4-5-7-10/h12-16H,6-11H2,1-5H3;9-12,14H,4-8H2,1-3H3;11-15H,1,5-9H2,2-4H3;8-11,13H,1,3-6H2,2H3;7-11H,4-6H2,1-3H3;2,6-10H2,1,3-5H3;6-10H,1,3-4H2,2H3;1,4-7H2,2-3H3. The van der Waals surface area contributed by atoms with Crippen molar-refractivity contribution in [3.8, 4) is 0 Å². The van der Waals surface area contributed by atoms with Crippen molar-refractivity contribution in [3.05, 3.63) is 60.9 Å². The van der Waals surface area contributed by atoms with Gasteiger partial charge in [-0.05, 0) is 347 Å². The lowest BCUT2D eigenvalue weighted by Crippen LogP contribution is -2.63. The number of esters is 13. The monoisotopic (exact) mass is 2010 g/mol. The van der Waals surface area contributed by atoms with Crippen molar-refractivity contribution in [2.24, 2.45) is 164 Å². The first-order valence-corrected chi connectivity index (χ1v) is 55.1. The summed E-state index contributed by atoms with van der Waals surface area (Å²) in [4.78, 5) is 153. The van der Waals surface area contributed by atoms with Gasteiger partial charge in [-0.2, -0.15) is 0 Å². The number of ether oxygens (including phenoxy) is 14. The minimum Gasteiger partial charge on any atom is -0.492 e. The Balaban J connectivity index is 0.000000139. The average molecular weight is 2010 g/mol. The highest BCUT2D eigenvalue weighted by Gasteiger charge is 2.68. The molecule has 18 saturated carbocycles. The highest BCUT2D eigenvalue weighted by molar-refractivity contribution is 5.90. The van der Waals surface area contributed by atoms with Gasteiger partial charge in [-0.15, -0.1) is 0 Å². The Kier molecular flexibility index (Phi) is 35.1. The summed E-state index contributed by atoms with van der Waals surface area (Å²) in [6, 6.07) is 0. The van der Waals surface area contributed by atoms with Crippen molar-refractivity contribution < 1.29 is 129 Å². The van der Waals surface area contributed by atoms with Crippen LogP contribution in [0.5, 0.6) is 0 Å². The molecule has 27 heteroatoms. The lowest BCUT2D eigenvalue weighted by atomic mass is 9.47. The fourth-order valence-corrected chi connectivity index (χ4v) is 29.1. The summed E-state index contributed by atoms with van der Waals surface area (Å²) in [5, 5.41) is 0. The number of rotatable bonds is 27. The van der Waals surface area contributed by atoms with Crippen LogP contribution in [0.2, 0.25) is 0 Å². The van der Waals surface area contributed by atoms with Gasteiger partial charge in [0.25, 0.3) is 0 Å². The van der Waals surface area contributed by atoms with Gasteiger partial charge in [0, 0.05) is 75.1 Å². The first-order valence-electron chi connectivity index (χ1n) is 55.1. The van der Waals surface area contributed by atoms with Crippen LogP contribution >= 0.6 is 0 Å². The normalized spacial score (nSPS) is 36.3. The summed E-state index contributed by atoms with van der Waals surface area (Å²) < 4.78 is 76.5. The molecule has 20 atom stereocenters. The van der Waals surface area contributed by atoms with E-state index in [0.29, 0.717) is 113 Å². The highest BCUT2D eigenvalue weighted by atomic mass is 16.6. The van der Waals surface area contributed by atoms with Crippen molar-refractivity contribution in [2.45, 2.75) is 404 Å². The van der Waals surface area contributed by atoms with Crippen LogP contribution in [0.25, 0.3) is 0 Å². The summed E-state index contributed by atoms with van der Waals surface area (Å²) in [6.45, 7) is 62.4. The van der Waals surface area contributed by atoms with Gasteiger partial charge in [0.1, 0.15) is 59.0 Å². The number of allylic oxidation sites excluding steroid dienone is 1. The predicted octanol–water partition coefficient (Wildman–Crippen LogP) is 21.0. The summed E-state index contributed by atoms with van der Waals surface area (Å²) in [5.74, 6) is 6.87. The third-order valence-electron chi connectivity index (χ3n) is 38.7. The predicted molar refractivity (Wildman–Crippen MR) is 536 cm³/mol. The van der Waals surface area contributed by atoms with E-state index in [9.17, 15) is 62.3 Å². The van der Waals surface area contributed by atoms with Gasteiger partial charge in [0.15, 0.2) is 13.2 Å². The summed E-state index contributed by atoms with van der Waals surface area (Å²) in [7, 11) is 0. The van der Waals surface area contributed by atoms with E-state index in [-0.39, 0.29) is 177 Å². The zero-order chi connectivity index (χ0) is 106. The molecule has 0 amide bonds. The molecule has 0 radical (unpaired) electrons. The number of hydrogen-bond acceptors (Lipinski definition) is 27. The quantitative estimate of drug-likeness (QED) is 0.0319. The molecule has 0 N–H and O–H groups in total. The number of hydrogen-bond donors (Lipinski definition) is 0. The van der Waals surface area contributed by atoms with E-state index in [1.165, 1.54) is 110 Å². The Morgan fingerprint density at radius 1 is 0.354 bits per heavy atom. The molecule has 0 aromatic carbocycles.